The topological polar surface area (TPSA) is 127 Å². The molecule has 0 aromatic heterocycles. The summed E-state index contributed by atoms with van der Waals surface area (Å²) in [5.74, 6) is -0.562. The van der Waals surface area contributed by atoms with Crippen molar-refractivity contribution < 1.29 is 91.3 Å². The zero-order valence-electron chi connectivity index (χ0n) is 9.09. The Bertz CT molecular complexity index is 230. The van der Waals surface area contributed by atoms with Gasteiger partial charge in [0.1, 0.15) is 6.10 Å². The number of carbonyl (C=O) groups is 1. The van der Waals surface area contributed by atoms with Crippen molar-refractivity contribution >= 4 is 16.4 Å². The van der Waals surface area contributed by atoms with Crippen LogP contribution in [0.25, 0.3) is 0 Å². The van der Waals surface area contributed by atoms with E-state index in [1.807, 2.05) is 0 Å². The van der Waals surface area contributed by atoms with Gasteiger partial charge in [0.05, 0.1) is 6.61 Å². The van der Waals surface area contributed by atoms with Crippen molar-refractivity contribution in [3.8, 4) is 0 Å². The summed E-state index contributed by atoms with van der Waals surface area (Å²) in [7, 11) is -5.17. The van der Waals surface area contributed by atoms with Gasteiger partial charge in [-0.25, -0.2) is 4.79 Å². The maximum Gasteiger partial charge on any atom is 1.00 e. The SMILES string of the molecule is CCOC(=O)C(C)O.O=S(=O)([O-])[O-].[Na+].[Na+]. The molecule has 7 nitrogen and oxygen atoms in total. The molecule has 1 atom stereocenters. The van der Waals surface area contributed by atoms with Crippen LogP contribution in [0.3, 0.4) is 0 Å². The molecule has 10 heteroatoms. The Hall–Kier alpha value is 1.30. The molecule has 0 aromatic rings. The minimum atomic E-state index is -5.17. The Kier molecular flexibility index (Phi) is 22.5. The van der Waals surface area contributed by atoms with Crippen molar-refractivity contribution in [3.05, 3.63) is 0 Å². The number of aliphatic hydroxyl groups is 1. The summed E-state index contributed by atoms with van der Waals surface area (Å²) in [6.07, 6.45) is -0.991. The molecule has 0 heterocycles. The fourth-order valence-corrected chi connectivity index (χ4v) is 0.263. The molecule has 0 aliphatic carbocycles. The largest absolute Gasteiger partial charge is 1.00 e. The van der Waals surface area contributed by atoms with Crippen molar-refractivity contribution in [2.45, 2.75) is 20.0 Å². The van der Waals surface area contributed by atoms with Crippen LogP contribution in [0.4, 0.5) is 0 Å². The Morgan fingerprint density at radius 1 is 1.40 bits per heavy atom. The average Bonchev–Trinajstić information content (AvgIpc) is 1.84. The van der Waals surface area contributed by atoms with Gasteiger partial charge in [0.15, 0.2) is 0 Å². The number of hydrogen-bond acceptors (Lipinski definition) is 7. The van der Waals surface area contributed by atoms with Crippen LogP contribution in [0.15, 0.2) is 0 Å². The second-order valence-corrected chi connectivity index (χ2v) is 2.65. The molecule has 0 aliphatic rings. The van der Waals surface area contributed by atoms with Gasteiger partial charge < -0.3 is 18.9 Å². The summed E-state index contributed by atoms with van der Waals surface area (Å²) in [4.78, 5) is 10.3. The maximum absolute atomic E-state index is 10.3. The third-order valence-corrected chi connectivity index (χ3v) is 0.628. The van der Waals surface area contributed by atoms with Crippen LogP contribution >= 0.6 is 0 Å². The molecule has 0 rings (SSSR count). The average molecular weight is 260 g/mol. The van der Waals surface area contributed by atoms with E-state index in [1.54, 1.807) is 6.92 Å². The second kappa shape index (κ2) is 13.4. The summed E-state index contributed by atoms with van der Waals surface area (Å²) < 4.78 is 38.5. The quantitative estimate of drug-likeness (QED) is 0.226. The molecule has 15 heavy (non-hydrogen) atoms. The van der Waals surface area contributed by atoms with Crippen molar-refractivity contribution in [2.24, 2.45) is 0 Å². The molecule has 0 spiro atoms. The van der Waals surface area contributed by atoms with E-state index in [0.717, 1.165) is 0 Å². The van der Waals surface area contributed by atoms with Crippen LogP contribution in [-0.4, -0.2) is 41.3 Å². The predicted molar refractivity (Wildman–Crippen MR) is 38.8 cm³/mol. The number of ether oxygens (including phenoxy) is 1. The standard InChI is InChI=1S/C5H10O3.2Na.H2O4S/c1-3-8-5(7)4(2)6;;;1-5(2,3)4/h4,6H,3H2,1-2H3;;;(H2,1,2,3,4)/q;2*+1;/p-2. The van der Waals surface area contributed by atoms with Crippen LogP contribution in [0, 0.1) is 0 Å². The molecule has 0 amide bonds. The van der Waals surface area contributed by atoms with Crippen molar-refractivity contribution in [1.82, 2.24) is 0 Å². The van der Waals surface area contributed by atoms with E-state index in [0.29, 0.717) is 6.61 Å². The molecule has 0 saturated heterocycles. The smallest absolute Gasteiger partial charge is 0.759 e. The van der Waals surface area contributed by atoms with Crippen molar-refractivity contribution in [3.63, 3.8) is 0 Å². The molecule has 0 aromatic carbocycles. The summed E-state index contributed by atoms with van der Waals surface area (Å²) in [6.45, 7) is 3.39. The summed E-state index contributed by atoms with van der Waals surface area (Å²) in [5.41, 5.74) is 0. The normalized spacial score (nSPS) is 10.7. The number of hydrogen-bond donors (Lipinski definition) is 1. The van der Waals surface area contributed by atoms with E-state index >= 15 is 0 Å². The first kappa shape index (κ1) is 25.2. The van der Waals surface area contributed by atoms with Gasteiger partial charge in [0.25, 0.3) is 0 Å². The zero-order chi connectivity index (χ0) is 11.1. The molecule has 1 unspecified atom stereocenters. The first-order chi connectivity index (χ1) is 5.68. The van der Waals surface area contributed by atoms with Crippen molar-refractivity contribution in [2.75, 3.05) is 6.61 Å². The number of rotatable bonds is 2. The second-order valence-electron chi connectivity index (χ2n) is 1.84. The van der Waals surface area contributed by atoms with Gasteiger partial charge in [0, 0.05) is 10.4 Å². The van der Waals surface area contributed by atoms with Gasteiger partial charge in [0.2, 0.25) is 0 Å². The van der Waals surface area contributed by atoms with Crippen molar-refractivity contribution in [1.29, 1.82) is 0 Å². The third kappa shape index (κ3) is 39.3. The molecule has 0 saturated carbocycles. The summed E-state index contributed by atoms with van der Waals surface area (Å²) in [5, 5.41) is 8.48. The molecule has 80 valence electrons. The first-order valence-corrected chi connectivity index (χ1v) is 4.53. The summed E-state index contributed by atoms with van der Waals surface area (Å²) in [6, 6.07) is 0. The van der Waals surface area contributed by atoms with Gasteiger partial charge >= 0.3 is 65.1 Å². The molecule has 0 fully saturated rings. The molecule has 1 N–H and O–H groups in total. The number of aliphatic hydroxyl groups excluding tert-OH is 1. The summed E-state index contributed by atoms with van der Waals surface area (Å²) >= 11 is 0. The van der Waals surface area contributed by atoms with Crippen LogP contribution in [0.5, 0.6) is 0 Å². The minimum Gasteiger partial charge on any atom is -0.759 e. The fourth-order valence-electron chi connectivity index (χ4n) is 0.263. The van der Waals surface area contributed by atoms with E-state index in [-0.39, 0.29) is 59.1 Å². The Labute approximate surface area is 133 Å². The van der Waals surface area contributed by atoms with E-state index in [2.05, 4.69) is 4.74 Å². The van der Waals surface area contributed by atoms with E-state index in [1.165, 1.54) is 6.92 Å². The van der Waals surface area contributed by atoms with Crippen LogP contribution < -0.4 is 59.1 Å². The molecule has 0 radical (unpaired) electrons. The minimum absolute atomic E-state index is 0. The third-order valence-electron chi connectivity index (χ3n) is 0.628. The van der Waals surface area contributed by atoms with E-state index in [9.17, 15) is 4.79 Å². The predicted octanol–water partition coefficient (Wildman–Crippen LogP) is -7.40. The Balaban J connectivity index is -0.0000000770. The van der Waals surface area contributed by atoms with Gasteiger partial charge in [-0.1, -0.05) is 0 Å². The Morgan fingerprint density at radius 3 is 1.73 bits per heavy atom. The molecular formula is C5H10Na2O7S. The Morgan fingerprint density at radius 2 is 1.67 bits per heavy atom. The number of esters is 1. The van der Waals surface area contributed by atoms with Gasteiger partial charge in [-0.05, 0) is 13.8 Å². The monoisotopic (exact) mass is 260 g/mol. The first-order valence-electron chi connectivity index (χ1n) is 3.19. The van der Waals surface area contributed by atoms with E-state index in [4.69, 9.17) is 22.6 Å². The van der Waals surface area contributed by atoms with Gasteiger partial charge in [-0.15, -0.1) is 0 Å². The molecule has 0 bridgehead atoms. The maximum atomic E-state index is 10.3. The van der Waals surface area contributed by atoms with Crippen LogP contribution in [-0.2, 0) is 19.9 Å². The number of carbonyl (C=O) groups excluding carboxylic acids is 1. The molecule has 0 aliphatic heterocycles. The zero-order valence-corrected chi connectivity index (χ0v) is 13.9. The van der Waals surface area contributed by atoms with E-state index < -0.39 is 22.5 Å². The fraction of sp³-hybridized carbons (Fsp3) is 0.800. The van der Waals surface area contributed by atoms with Gasteiger partial charge in [-0.2, -0.15) is 0 Å². The molecular weight excluding hydrogens is 250 g/mol. The van der Waals surface area contributed by atoms with Crippen LogP contribution in [0.2, 0.25) is 0 Å². The van der Waals surface area contributed by atoms with Gasteiger partial charge in [-0.3, -0.25) is 8.42 Å². The van der Waals surface area contributed by atoms with Crippen LogP contribution in [0.1, 0.15) is 13.8 Å².